The monoisotopic (exact) mass is 304 g/mol. The quantitative estimate of drug-likeness (QED) is 0.842. The number of rotatable bonds is 1. The number of nitrogens with zero attached hydrogens (tertiary/aromatic N) is 4. The highest BCUT2D eigenvalue weighted by atomic mass is 15.1. The maximum atomic E-state index is 9.63. The standard InChI is InChI=1S/C17H16N6/c1-9-13(7-18)16(14(8-19)10(2)23(9)3)11-4-5-15-12(6-11)17(20)22-21-15/h4-6,16H,1-3H3,(H3,20,21,22). The molecule has 1 aliphatic heterocycles. The minimum atomic E-state index is -0.375. The molecule has 1 aliphatic rings. The molecule has 3 N–H and O–H groups in total. The first-order valence-corrected chi connectivity index (χ1v) is 7.18. The Balaban J connectivity index is 2.27. The van der Waals surface area contributed by atoms with Crippen LogP contribution in [-0.4, -0.2) is 22.1 Å². The third-order valence-electron chi connectivity index (χ3n) is 4.55. The summed E-state index contributed by atoms with van der Waals surface area (Å²) in [7, 11) is 1.87. The summed E-state index contributed by atoms with van der Waals surface area (Å²) in [5.41, 5.74) is 10.4. The van der Waals surface area contributed by atoms with E-state index in [1.165, 1.54) is 0 Å². The van der Waals surface area contributed by atoms with E-state index in [9.17, 15) is 10.5 Å². The molecular weight excluding hydrogens is 288 g/mol. The zero-order chi connectivity index (χ0) is 16.7. The predicted molar refractivity (Wildman–Crippen MR) is 87.6 cm³/mol. The first-order valence-electron chi connectivity index (χ1n) is 7.18. The van der Waals surface area contributed by atoms with Crippen LogP contribution in [0.4, 0.5) is 5.82 Å². The van der Waals surface area contributed by atoms with Crippen molar-refractivity contribution in [1.82, 2.24) is 15.1 Å². The topological polar surface area (TPSA) is 106 Å². The minimum Gasteiger partial charge on any atom is -0.382 e. The Hall–Kier alpha value is -3.25. The zero-order valence-corrected chi connectivity index (χ0v) is 13.2. The van der Waals surface area contributed by atoms with Gasteiger partial charge in [-0.25, -0.2) is 0 Å². The molecule has 23 heavy (non-hydrogen) atoms. The van der Waals surface area contributed by atoms with Gasteiger partial charge < -0.3 is 10.6 Å². The van der Waals surface area contributed by atoms with Crippen LogP contribution < -0.4 is 5.73 Å². The van der Waals surface area contributed by atoms with Crippen LogP contribution in [0.1, 0.15) is 25.3 Å². The Morgan fingerprint density at radius 3 is 2.35 bits per heavy atom. The zero-order valence-electron chi connectivity index (χ0n) is 13.2. The SMILES string of the molecule is CC1=C(C#N)C(c2ccc3[nH]nc(N)c3c2)C(C#N)=C(C)N1C. The maximum absolute atomic E-state index is 9.63. The highest BCUT2D eigenvalue weighted by Gasteiger charge is 2.31. The van der Waals surface area contributed by atoms with Gasteiger partial charge in [-0.15, -0.1) is 0 Å². The number of anilines is 1. The van der Waals surface area contributed by atoms with Gasteiger partial charge in [-0.05, 0) is 31.5 Å². The van der Waals surface area contributed by atoms with E-state index in [0.717, 1.165) is 27.9 Å². The molecule has 114 valence electrons. The second kappa shape index (κ2) is 5.19. The molecule has 3 rings (SSSR count). The molecule has 2 aromatic rings. The molecule has 6 nitrogen and oxygen atoms in total. The summed E-state index contributed by atoms with van der Waals surface area (Å²) >= 11 is 0. The normalized spacial score (nSPS) is 16.0. The number of aromatic nitrogens is 2. The van der Waals surface area contributed by atoms with E-state index in [1.54, 1.807) is 0 Å². The summed E-state index contributed by atoms with van der Waals surface area (Å²) in [5.74, 6) is 0.0353. The molecule has 1 aromatic carbocycles. The Labute approximate surface area is 134 Å². The van der Waals surface area contributed by atoms with Crippen LogP contribution in [0.2, 0.25) is 0 Å². The third kappa shape index (κ3) is 2.04. The molecule has 0 atom stereocenters. The van der Waals surface area contributed by atoms with Crippen LogP contribution in [0.5, 0.6) is 0 Å². The summed E-state index contributed by atoms with van der Waals surface area (Å²) in [5, 5.41) is 26.9. The van der Waals surface area contributed by atoms with Gasteiger partial charge in [0.2, 0.25) is 0 Å². The average Bonchev–Trinajstić information content (AvgIpc) is 2.93. The number of aromatic amines is 1. The summed E-state index contributed by atoms with van der Waals surface area (Å²) in [6.45, 7) is 3.79. The van der Waals surface area contributed by atoms with Crippen molar-refractivity contribution in [3.63, 3.8) is 0 Å². The maximum Gasteiger partial charge on any atom is 0.153 e. The van der Waals surface area contributed by atoms with Crippen molar-refractivity contribution in [2.24, 2.45) is 0 Å². The number of fused-ring (bicyclic) bond motifs is 1. The smallest absolute Gasteiger partial charge is 0.153 e. The van der Waals surface area contributed by atoms with Crippen LogP contribution in [0, 0.1) is 22.7 Å². The lowest BCUT2D eigenvalue weighted by atomic mass is 9.81. The van der Waals surface area contributed by atoms with E-state index in [-0.39, 0.29) is 5.92 Å². The number of nitrogens with one attached hydrogen (secondary N) is 1. The Kier molecular flexibility index (Phi) is 3.31. The Morgan fingerprint density at radius 2 is 1.78 bits per heavy atom. The van der Waals surface area contributed by atoms with E-state index < -0.39 is 0 Å². The molecule has 0 fully saturated rings. The molecule has 6 heteroatoms. The fraction of sp³-hybridized carbons (Fsp3) is 0.235. The third-order valence-corrected chi connectivity index (χ3v) is 4.55. The molecule has 0 saturated heterocycles. The van der Waals surface area contributed by atoms with Gasteiger partial charge in [-0.1, -0.05) is 6.07 Å². The van der Waals surface area contributed by atoms with Gasteiger partial charge in [-0.3, -0.25) is 5.10 Å². The highest BCUT2D eigenvalue weighted by molar-refractivity contribution is 5.89. The molecule has 0 unspecified atom stereocenters. The lowest BCUT2D eigenvalue weighted by molar-refractivity contribution is 0.490. The number of allylic oxidation sites excluding steroid dienone is 4. The van der Waals surface area contributed by atoms with E-state index >= 15 is 0 Å². The van der Waals surface area contributed by atoms with Crippen molar-refractivity contribution in [3.8, 4) is 12.1 Å². The molecular formula is C17H16N6. The highest BCUT2D eigenvalue weighted by Crippen LogP contribution is 2.41. The molecule has 0 spiro atoms. The summed E-state index contributed by atoms with van der Waals surface area (Å²) in [6, 6.07) is 10.2. The molecule has 0 aliphatic carbocycles. The lowest BCUT2D eigenvalue weighted by Gasteiger charge is -2.32. The van der Waals surface area contributed by atoms with Crippen molar-refractivity contribution in [2.75, 3.05) is 12.8 Å². The first-order chi connectivity index (χ1) is 11.0. The first kappa shape index (κ1) is 14.7. The molecule has 0 radical (unpaired) electrons. The number of nitrogen functional groups attached to an aromatic ring is 1. The Bertz CT molecular complexity index is 910. The fourth-order valence-electron chi connectivity index (χ4n) is 3.03. The van der Waals surface area contributed by atoms with Crippen molar-refractivity contribution < 1.29 is 0 Å². The second-order valence-electron chi connectivity index (χ2n) is 5.63. The summed E-state index contributed by atoms with van der Waals surface area (Å²) in [4.78, 5) is 1.89. The Morgan fingerprint density at radius 1 is 1.17 bits per heavy atom. The minimum absolute atomic E-state index is 0.375. The van der Waals surface area contributed by atoms with E-state index in [1.807, 2.05) is 44.0 Å². The second-order valence-corrected chi connectivity index (χ2v) is 5.63. The van der Waals surface area contributed by atoms with Crippen LogP contribution in [0.3, 0.4) is 0 Å². The van der Waals surface area contributed by atoms with Crippen molar-refractivity contribution >= 4 is 16.7 Å². The number of hydrogen-bond donors (Lipinski definition) is 2. The largest absolute Gasteiger partial charge is 0.382 e. The van der Waals surface area contributed by atoms with Gasteiger partial charge in [0.1, 0.15) is 0 Å². The molecule has 0 saturated carbocycles. The van der Waals surface area contributed by atoms with Crippen molar-refractivity contribution in [2.45, 2.75) is 19.8 Å². The molecule has 2 heterocycles. The van der Waals surface area contributed by atoms with Crippen LogP contribution in [0.15, 0.2) is 40.7 Å². The van der Waals surface area contributed by atoms with E-state index in [4.69, 9.17) is 5.73 Å². The molecule has 1 aromatic heterocycles. The number of nitrogens with two attached hydrogens (primary N) is 1. The molecule has 0 amide bonds. The van der Waals surface area contributed by atoms with Gasteiger partial charge in [-0.2, -0.15) is 15.6 Å². The lowest BCUT2D eigenvalue weighted by Crippen LogP contribution is -2.25. The van der Waals surface area contributed by atoms with Crippen LogP contribution >= 0.6 is 0 Å². The van der Waals surface area contributed by atoms with E-state index in [0.29, 0.717) is 17.0 Å². The number of hydrogen-bond acceptors (Lipinski definition) is 5. The van der Waals surface area contributed by atoms with Gasteiger partial charge in [0.25, 0.3) is 0 Å². The number of nitriles is 2. The van der Waals surface area contributed by atoms with Crippen LogP contribution in [0.25, 0.3) is 10.9 Å². The van der Waals surface area contributed by atoms with Gasteiger partial charge in [0, 0.05) is 23.8 Å². The van der Waals surface area contributed by atoms with E-state index in [2.05, 4.69) is 22.3 Å². The number of benzene rings is 1. The molecule has 0 bridgehead atoms. The fourth-order valence-corrected chi connectivity index (χ4v) is 3.03. The average molecular weight is 304 g/mol. The summed E-state index contributed by atoms with van der Waals surface area (Å²) in [6.07, 6.45) is 0. The van der Waals surface area contributed by atoms with Gasteiger partial charge in [0.15, 0.2) is 5.82 Å². The van der Waals surface area contributed by atoms with Crippen molar-refractivity contribution in [3.05, 3.63) is 46.3 Å². The summed E-state index contributed by atoms with van der Waals surface area (Å²) < 4.78 is 0. The van der Waals surface area contributed by atoms with Gasteiger partial charge in [0.05, 0.1) is 34.7 Å². The van der Waals surface area contributed by atoms with Crippen molar-refractivity contribution in [1.29, 1.82) is 10.5 Å². The van der Waals surface area contributed by atoms with Crippen LogP contribution in [-0.2, 0) is 0 Å². The van der Waals surface area contributed by atoms with Gasteiger partial charge >= 0.3 is 0 Å². The number of H-pyrrole nitrogens is 1. The predicted octanol–water partition coefficient (Wildman–Crippen LogP) is 2.77.